The highest BCUT2D eigenvalue weighted by atomic mass is 16.2. The Morgan fingerprint density at radius 2 is 1.85 bits per heavy atom. The number of hydrogen-bond acceptors (Lipinski definition) is 3. The Morgan fingerprint density at radius 3 is 2.45 bits per heavy atom. The second kappa shape index (κ2) is 8.32. The quantitative estimate of drug-likeness (QED) is 0.682. The number of rotatable bonds is 7. The third kappa shape index (κ3) is 6.33. The molecule has 1 unspecified atom stereocenters. The van der Waals surface area contributed by atoms with Crippen molar-refractivity contribution in [3.63, 3.8) is 0 Å². The SMILES string of the molecule is CC(C)NC(=O)CNC(=O)C(N)CCc1ccccc1. The van der Waals surface area contributed by atoms with E-state index in [1.807, 2.05) is 44.2 Å². The zero-order valence-electron chi connectivity index (χ0n) is 12.1. The van der Waals surface area contributed by atoms with Crippen LogP contribution in [-0.4, -0.2) is 30.4 Å². The van der Waals surface area contributed by atoms with Crippen LogP contribution in [0.1, 0.15) is 25.8 Å². The summed E-state index contributed by atoms with van der Waals surface area (Å²) in [6.45, 7) is 3.70. The number of carbonyl (C=O) groups is 2. The number of carbonyl (C=O) groups excluding carboxylic acids is 2. The van der Waals surface area contributed by atoms with Crippen LogP contribution in [0.2, 0.25) is 0 Å². The maximum Gasteiger partial charge on any atom is 0.239 e. The van der Waals surface area contributed by atoms with Gasteiger partial charge in [0, 0.05) is 6.04 Å². The molecule has 0 saturated heterocycles. The van der Waals surface area contributed by atoms with Crippen molar-refractivity contribution in [1.29, 1.82) is 0 Å². The summed E-state index contributed by atoms with van der Waals surface area (Å²) in [5, 5.41) is 5.25. The number of nitrogens with two attached hydrogens (primary N) is 1. The summed E-state index contributed by atoms with van der Waals surface area (Å²) in [5.74, 6) is -0.497. The monoisotopic (exact) mass is 277 g/mol. The summed E-state index contributed by atoms with van der Waals surface area (Å²) < 4.78 is 0. The van der Waals surface area contributed by atoms with Gasteiger partial charge in [0.05, 0.1) is 12.6 Å². The summed E-state index contributed by atoms with van der Waals surface area (Å²) in [6.07, 6.45) is 1.30. The van der Waals surface area contributed by atoms with Gasteiger partial charge in [-0.3, -0.25) is 9.59 Å². The fourth-order valence-electron chi connectivity index (χ4n) is 1.77. The predicted octanol–water partition coefficient (Wildman–Crippen LogP) is 0.587. The molecule has 110 valence electrons. The van der Waals surface area contributed by atoms with Gasteiger partial charge in [0.2, 0.25) is 11.8 Å². The van der Waals surface area contributed by atoms with E-state index in [2.05, 4.69) is 10.6 Å². The lowest BCUT2D eigenvalue weighted by atomic mass is 10.1. The van der Waals surface area contributed by atoms with Gasteiger partial charge in [0.15, 0.2) is 0 Å². The van der Waals surface area contributed by atoms with Gasteiger partial charge in [-0.05, 0) is 32.3 Å². The fraction of sp³-hybridized carbons (Fsp3) is 0.467. The summed E-state index contributed by atoms with van der Waals surface area (Å²) in [7, 11) is 0. The van der Waals surface area contributed by atoms with Gasteiger partial charge in [-0.25, -0.2) is 0 Å². The zero-order chi connectivity index (χ0) is 15.0. The van der Waals surface area contributed by atoms with Crippen LogP contribution in [0.25, 0.3) is 0 Å². The summed E-state index contributed by atoms with van der Waals surface area (Å²) in [5.41, 5.74) is 6.96. The van der Waals surface area contributed by atoms with Crippen LogP contribution in [0.5, 0.6) is 0 Å². The van der Waals surface area contributed by atoms with Crippen molar-refractivity contribution in [1.82, 2.24) is 10.6 Å². The zero-order valence-corrected chi connectivity index (χ0v) is 12.1. The van der Waals surface area contributed by atoms with Crippen molar-refractivity contribution in [3.05, 3.63) is 35.9 Å². The first-order chi connectivity index (χ1) is 9.49. The summed E-state index contributed by atoms with van der Waals surface area (Å²) in [6, 6.07) is 9.33. The molecule has 0 fully saturated rings. The first-order valence-electron chi connectivity index (χ1n) is 6.85. The standard InChI is InChI=1S/C15H23N3O2/c1-11(2)18-14(19)10-17-15(20)13(16)9-8-12-6-4-3-5-7-12/h3-7,11,13H,8-10,16H2,1-2H3,(H,17,20)(H,18,19). The van der Waals surface area contributed by atoms with Crippen molar-refractivity contribution >= 4 is 11.8 Å². The molecule has 0 aliphatic carbocycles. The minimum atomic E-state index is -0.595. The molecule has 4 N–H and O–H groups in total. The van der Waals surface area contributed by atoms with E-state index < -0.39 is 6.04 Å². The predicted molar refractivity (Wildman–Crippen MR) is 79.0 cm³/mol. The smallest absolute Gasteiger partial charge is 0.239 e. The van der Waals surface area contributed by atoms with Crippen molar-refractivity contribution < 1.29 is 9.59 Å². The van der Waals surface area contributed by atoms with Gasteiger partial charge in [-0.1, -0.05) is 30.3 Å². The molecule has 0 aliphatic heterocycles. The van der Waals surface area contributed by atoms with Gasteiger partial charge < -0.3 is 16.4 Å². The van der Waals surface area contributed by atoms with E-state index in [0.29, 0.717) is 6.42 Å². The molecule has 1 atom stereocenters. The van der Waals surface area contributed by atoms with Crippen molar-refractivity contribution in [2.24, 2.45) is 5.73 Å². The van der Waals surface area contributed by atoms with Crippen molar-refractivity contribution in [2.75, 3.05) is 6.54 Å². The molecule has 20 heavy (non-hydrogen) atoms. The van der Waals surface area contributed by atoms with E-state index in [0.717, 1.165) is 12.0 Å². The van der Waals surface area contributed by atoms with Gasteiger partial charge >= 0.3 is 0 Å². The Bertz CT molecular complexity index is 432. The molecular formula is C15H23N3O2. The van der Waals surface area contributed by atoms with Crippen LogP contribution >= 0.6 is 0 Å². The molecule has 1 aromatic rings. The maximum absolute atomic E-state index is 11.7. The molecule has 0 saturated carbocycles. The molecule has 0 aliphatic rings. The van der Waals surface area contributed by atoms with E-state index in [1.165, 1.54) is 0 Å². The molecular weight excluding hydrogens is 254 g/mol. The largest absolute Gasteiger partial charge is 0.352 e. The van der Waals surface area contributed by atoms with Crippen LogP contribution in [0, 0.1) is 0 Å². The van der Waals surface area contributed by atoms with Crippen LogP contribution < -0.4 is 16.4 Å². The first-order valence-corrected chi connectivity index (χ1v) is 6.85. The Labute approximate surface area is 119 Å². The van der Waals surface area contributed by atoms with Gasteiger partial charge in [-0.2, -0.15) is 0 Å². The van der Waals surface area contributed by atoms with E-state index in [4.69, 9.17) is 5.73 Å². The van der Waals surface area contributed by atoms with E-state index in [9.17, 15) is 9.59 Å². The van der Waals surface area contributed by atoms with Gasteiger partial charge in [0.25, 0.3) is 0 Å². The minimum absolute atomic E-state index is 0.0317. The number of hydrogen-bond donors (Lipinski definition) is 3. The number of aryl methyl sites for hydroxylation is 1. The average Bonchev–Trinajstić information content (AvgIpc) is 2.42. The Kier molecular flexibility index (Phi) is 6.73. The molecule has 5 heteroatoms. The lowest BCUT2D eigenvalue weighted by Gasteiger charge is -2.13. The first kappa shape index (κ1) is 16.2. The Hall–Kier alpha value is -1.88. The molecule has 0 radical (unpaired) electrons. The number of benzene rings is 1. The van der Waals surface area contributed by atoms with E-state index >= 15 is 0 Å². The summed E-state index contributed by atoms with van der Waals surface area (Å²) in [4.78, 5) is 23.1. The van der Waals surface area contributed by atoms with Gasteiger partial charge in [0.1, 0.15) is 0 Å². The van der Waals surface area contributed by atoms with Gasteiger partial charge in [-0.15, -0.1) is 0 Å². The Morgan fingerprint density at radius 1 is 1.20 bits per heavy atom. The normalized spacial score (nSPS) is 12.0. The average molecular weight is 277 g/mol. The topological polar surface area (TPSA) is 84.2 Å². The van der Waals surface area contributed by atoms with Crippen LogP contribution in [-0.2, 0) is 16.0 Å². The van der Waals surface area contributed by atoms with Crippen LogP contribution in [0.3, 0.4) is 0 Å². The minimum Gasteiger partial charge on any atom is -0.352 e. The highest BCUT2D eigenvalue weighted by molar-refractivity contribution is 5.87. The number of nitrogens with one attached hydrogen (secondary N) is 2. The molecule has 1 rings (SSSR count). The fourth-order valence-corrected chi connectivity index (χ4v) is 1.77. The number of amides is 2. The molecule has 0 aromatic heterocycles. The summed E-state index contributed by atoms with van der Waals surface area (Å²) >= 11 is 0. The molecule has 2 amide bonds. The second-order valence-corrected chi connectivity index (χ2v) is 5.07. The maximum atomic E-state index is 11.7. The molecule has 0 spiro atoms. The molecule has 5 nitrogen and oxygen atoms in total. The molecule has 1 aromatic carbocycles. The second-order valence-electron chi connectivity index (χ2n) is 5.07. The lowest BCUT2D eigenvalue weighted by Crippen LogP contribution is -2.46. The Balaban J connectivity index is 2.27. The van der Waals surface area contributed by atoms with Crippen LogP contribution in [0.4, 0.5) is 0 Å². The van der Waals surface area contributed by atoms with Crippen molar-refractivity contribution in [3.8, 4) is 0 Å². The van der Waals surface area contributed by atoms with Crippen LogP contribution in [0.15, 0.2) is 30.3 Å². The molecule has 0 heterocycles. The van der Waals surface area contributed by atoms with Crippen molar-refractivity contribution in [2.45, 2.75) is 38.8 Å². The third-order valence-electron chi connectivity index (χ3n) is 2.80. The lowest BCUT2D eigenvalue weighted by molar-refractivity contribution is -0.127. The van der Waals surface area contributed by atoms with E-state index in [-0.39, 0.29) is 24.4 Å². The highest BCUT2D eigenvalue weighted by Crippen LogP contribution is 2.03. The van der Waals surface area contributed by atoms with E-state index in [1.54, 1.807) is 0 Å². The third-order valence-corrected chi connectivity index (χ3v) is 2.80. The molecule has 0 bridgehead atoms. The highest BCUT2D eigenvalue weighted by Gasteiger charge is 2.14.